The molecule has 1 amide bonds. The smallest absolute Gasteiger partial charge is 0.289 e. The molecule has 0 bridgehead atoms. The van der Waals surface area contributed by atoms with Crippen LogP contribution in [0.3, 0.4) is 0 Å². The Morgan fingerprint density at radius 2 is 1.79 bits per heavy atom. The lowest BCUT2D eigenvalue weighted by atomic mass is 10.1. The molecule has 146 valence electrons. The average molecular weight is 399 g/mol. The number of benzene rings is 2. The molecule has 3 rings (SSSR count). The van der Waals surface area contributed by atoms with Crippen molar-refractivity contribution in [1.29, 1.82) is 0 Å². The summed E-state index contributed by atoms with van der Waals surface area (Å²) in [6.45, 7) is 2.15. The van der Waals surface area contributed by atoms with Crippen LogP contribution in [0.2, 0.25) is 0 Å². The summed E-state index contributed by atoms with van der Waals surface area (Å²) in [5.41, 5.74) is 3.36. The van der Waals surface area contributed by atoms with Crippen LogP contribution in [-0.4, -0.2) is 31.8 Å². The minimum atomic E-state index is -3.51. The van der Waals surface area contributed by atoms with Crippen LogP contribution in [0.15, 0.2) is 65.2 Å². The fourth-order valence-corrected chi connectivity index (χ4v) is 3.39. The maximum Gasteiger partial charge on any atom is 0.289 e. The highest BCUT2D eigenvalue weighted by Crippen LogP contribution is 2.19. The van der Waals surface area contributed by atoms with E-state index >= 15 is 0 Å². The summed E-state index contributed by atoms with van der Waals surface area (Å²) in [7, 11) is -3.51. The number of nitrogens with zero attached hydrogens (tertiary/aromatic N) is 1. The molecule has 0 saturated heterocycles. The van der Waals surface area contributed by atoms with Crippen molar-refractivity contribution in [2.45, 2.75) is 13.5 Å². The Kier molecular flexibility index (Phi) is 6.23. The van der Waals surface area contributed by atoms with Gasteiger partial charge >= 0.3 is 0 Å². The summed E-state index contributed by atoms with van der Waals surface area (Å²) in [6.07, 6.45) is 0. The number of hydrogen-bond donors (Lipinski definition) is 2. The van der Waals surface area contributed by atoms with E-state index in [9.17, 15) is 13.2 Å². The lowest BCUT2D eigenvalue weighted by Crippen LogP contribution is -2.34. The molecule has 1 aromatic heterocycles. The second-order valence-electron chi connectivity index (χ2n) is 6.32. The summed E-state index contributed by atoms with van der Waals surface area (Å²) >= 11 is 0. The largest absolute Gasteiger partial charge is 0.350 e. The highest BCUT2D eigenvalue weighted by molar-refractivity contribution is 7.89. The number of nitrogens with one attached hydrogen (secondary N) is 2. The molecule has 2 N–H and O–H groups in total. The molecule has 0 aliphatic heterocycles. The number of aryl methyl sites for hydroxylation is 1. The maximum atomic E-state index is 12.1. The molecule has 0 atom stereocenters. The standard InChI is InChI=1S/C20H21N3O4S/c1-15-7-9-17(10-8-15)18-13-19(27-23-18)20(24)21-11-12-28(25,26)22-14-16-5-3-2-4-6-16/h2-10,13,22H,11-12,14H2,1H3,(H,21,24). The third kappa shape index (κ3) is 5.51. The van der Waals surface area contributed by atoms with Crippen LogP contribution in [-0.2, 0) is 16.6 Å². The zero-order chi connectivity index (χ0) is 20.0. The Labute approximate surface area is 163 Å². The molecule has 0 radical (unpaired) electrons. The summed E-state index contributed by atoms with van der Waals surface area (Å²) in [4.78, 5) is 12.1. The lowest BCUT2D eigenvalue weighted by Gasteiger charge is -2.07. The molecule has 8 heteroatoms. The zero-order valence-electron chi connectivity index (χ0n) is 15.4. The van der Waals surface area contributed by atoms with Gasteiger partial charge in [-0.1, -0.05) is 65.3 Å². The number of aromatic nitrogens is 1. The first-order chi connectivity index (χ1) is 13.4. The minimum Gasteiger partial charge on any atom is -0.350 e. The molecular formula is C20H21N3O4S. The third-order valence-electron chi connectivity index (χ3n) is 4.08. The number of carbonyl (C=O) groups excluding carboxylic acids is 1. The molecule has 7 nitrogen and oxygen atoms in total. The van der Waals surface area contributed by atoms with Gasteiger partial charge in [0.15, 0.2) is 0 Å². The van der Waals surface area contributed by atoms with Crippen LogP contribution >= 0.6 is 0 Å². The van der Waals surface area contributed by atoms with Gasteiger partial charge in [-0.25, -0.2) is 13.1 Å². The quantitative estimate of drug-likeness (QED) is 0.606. The minimum absolute atomic E-state index is 0.0326. The maximum absolute atomic E-state index is 12.1. The molecule has 0 spiro atoms. The molecule has 0 aliphatic rings. The van der Waals surface area contributed by atoms with E-state index in [0.717, 1.165) is 16.7 Å². The van der Waals surface area contributed by atoms with E-state index in [1.54, 1.807) is 0 Å². The Hall–Kier alpha value is -2.97. The first-order valence-corrected chi connectivity index (χ1v) is 10.4. The van der Waals surface area contributed by atoms with E-state index in [4.69, 9.17) is 4.52 Å². The molecule has 3 aromatic rings. The van der Waals surface area contributed by atoms with E-state index < -0.39 is 15.9 Å². The zero-order valence-corrected chi connectivity index (χ0v) is 16.2. The van der Waals surface area contributed by atoms with E-state index in [0.29, 0.717) is 5.69 Å². The van der Waals surface area contributed by atoms with Gasteiger partial charge in [0.2, 0.25) is 15.8 Å². The predicted octanol–water partition coefficient (Wildman–Crippen LogP) is 2.50. The summed E-state index contributed by atoms with van der Waals surface area (Å²) in [5.74, 6) is -0.709. The third-order valence-corrected chi connectivity index (χ3v) is 5.40. The van der Waals surface area contributed by atoms with Crippen molar-refractivity contribution >= 4 is 15.9 Å². The van der Waals surface area contributed by atoms with E-state index in [1.165, 1.54) is 6.07 Å². The second kappa shape index (κ2) is 8.81. The van der Waals surface area contributed by atoms with Gasteiger partial charge in [-0.3, -0.25) is 4.79 Å². The average Bonchev–Trinajstić information content (AvgIpc) is 3.18. The fraction of sp³-hybridized carbons (Fsp3) is 0.200. The van der Waals surface area contributed by atoms with Crippen LogP contribution in [0, 0.1) is 6.92 Å². The van der Waals surface area contributed by atoms with Gasteiger partial charge in [0, 0.05) is 24.7 Å². The van der Waals surface area contributed by atoms with E-state index in [-0.39, 0.29) is 24.6 Å². The number of rotatable bonds is 8. The molecule has 2 aromatic carbocycles. The van der Waals surface area contributed by atoms with Gasteiger partial charge in [0.25, 0.3) is 5.91 Å². The normalized spacial score (nSPS) is 11.3. The number of carbonyl (C=O) groups is 1. The highest BCUT2D eigenvalue weighted by Gasteiger charge is 2.16. The monoisotopic (exact) mass is 399 g/mol. The number of sulfonamides is 1. The van der Waals surface area contributed by atoms with Gasteiger partial charge in [-0.05, 0) is 12.5 Å². The van der Waals surface area contributed by atoms with Crippen molar-refractivity contribution in [1.82, 2.24) is 15.2 Å². The topological polar surface area (TPSA) is 101 Å². The number of amides is 1. The molecule has 0 unspecified atom stereocenters. The van der Waals surface area contributed by atoms with Gasteiger partial charge in [-0.2, -0.15) is 0 Å². The van der Waals surface area contributed by atoms with Crippen molar-refractivity contribution in [3.05, 3.63) is 77.6 Å². The second-order valence-corrected chi connectivity index (χ2v) is 8.25. The van der Waals surface area contributed by atoms with Crippen molar-refractivity contribution < 1.29 is 17.7 Å². The Balaban J connectivity index is 1.49. The summed E-state index contributed by atoms with van der Waals surface area (Å²) in [5, 5.41) is 6.43. The SMILES string of the molecule is Cc1ccc(-c2cc(C(=O)NCCS(=O)(=O)NCc3ccccc3)on2)cc1. The summed E-state index contributed by atoms with van der Waals surface area (Å²) < 4.78 is 31.7. The van der Waals surface area contributed by atoms with Gasteiger partial charge in [0.05, 0.1) is 5.75 Å². The lowest BCUT2D eigenvalue weighted by molar-refractivity contribution is 0.0919. The van der Waals surface area contributed by atoms with Crippen LogP contribution < -0.4 is 10.0 Å². The highest BCUT2D eigenvalue weighted by atomic mass is 32.2. The molecule has 1 heterocycles. The first-order valence-electron chi connectivity index (χ1n) is 8.76. The Morgan fingerprint density at radius 1 is 1.07 bits per heavy atom. The summed E-state index contributed by atoms with van der Waals surface area (Å²) in [6, 6.07) is 18.4. The first kappa shape index (κ1) is 19.8. The van der Waals surface area contributed by atoms with Crippen LogP contribution in [0.25, 0.3) is 11.3 Å². The molecule has 28 heavy (non-hydrogen) atoms. The molecule has 0 saturated carbocycles. The van der Waals surface area contributed by atoms with E-state index in [2.05, 4.69) is 15.2 Å². The van der Waals surface area contributed by atoms with Crippen molar-refractivity contribution in [2.75, 3.05) is 12.3 Å². The van der Waals surface area contributed by atoms with Crippen molar-refractivity contribution in [2.24, 2.45) is 0 Å². The number of hydrogen-bond acceptors (Lipinski definition) is 5. The van der Waals surface area contributed by atoms with Crippen LogP contribution in [0.4, 0.5) is 0 Å². The Morgan fingerprint density at radius 3 is 2.50 bits per heavy atom. The molecule has 0 fully saturated rings. The Bertz CT molecular complexity index is 1030. The van der Waals surface area contributed by atoms with Crippen molar-refractivity contribution in [3.63, 3.8) is 0 Å². The predicted molar refractivity (Wildman–Crippen MR) is 106 cm³/mol. The van der Waals surface area contributed by atoms with E-state index in [1.807, 2.05) is 61.5 Å². The van der Waals surface area contributed by atoms with Crippen LogP contribution in [0.1, 0.15) is 21.7 Å². The van der Waals surface area contributed by atoms with Crippen molar-refractivity contribution in [3.8, 4) is 11.3 Å². The molecule has 0 aliphatic carbocycles. The molecular weight excluding hydrogens is 378 g/mol. The van der Waals surface area contributed by atoms with Gasteiger partial charge in [-0.15, -0.1) is 0 Å². The fourth-order valence-electron chi connectivity index (χ4n) is 2.49. The van der Waals surface area contributed by atoms with Gasteiger partial charge in [0.1, 0.15) is 5.69 Å². The van der Waals surface area contributed by atoms with Gasteiger partial charge < -0.3 is 9.84 Å². The van der Waals surface area contributed by atoms with Crippen LogP contribution in [0.5, 0.6) is 0 Å².